The van der Waals surface area contributed by atoms with Crippen LogP contribution in [0, 0.1) is 5.92 Å². The number of hydrogen-bond acceptors (Lipinski definition) is 3. The largest absolute Gasteiger partial charge is 0.398 e. The average Bonchev–Trinajstić information content (AvgIpc) is 3.14. The van der Waals surface area contributed by atoms with Crippen LogP contribution in [0.4, 0.5) is 5.69 Å². The number of sulfonamides is 1. The maximum atomic E-state index is 12.9. The number of nitrogens with zero attached hydrogens (tertiary/aromatic N) is 1. The van der Waals surface area contributed by atoms with Crippen molar-refractivity contribution in [1.29, 1.82) is 0 Å². The molecule has 0 atom stereocenters. The normalized spacial score (nSPS) is 16.1. The lowest BCUT2D eigenvalue weighted by Gasteiger charge is -2.24. The second-order valence-corrected chi connectivity index (χ2v) is 8.60. The number of nitrogens with two attached hydrogens (primary N) is 1. The van der Waals surface area contributed by atoms with Crippen molar-refractivity contribution in [2.24, 2.45) is 5.92 Å². The Kier molecular flexibility index (Phi) is 4.69. The minimum Gasteiger partial charge on any atom is -0.398 e. The summed E-state index contributed by atoms with van der Waals surface area (Å²) in [5.41, 5.74) is 6.13. The molecule has 0 aliphatic heterocycles. The standard InChI is InChI=1S/C13H18BrClN2O2S/c1-8(2)7-17(10-3-4-10)20(18,19)12-6-9(15)5-11(16)13(12)14/h5-6,8,10H,3-4,7,16H2,1-2H3. The van der Waals surface area contributed by atoms with Crippen molar-refractivity contribution in [2.75, 3.05) is 12.3 Å². The zero-order valence-electron chi connectivity index (χ0n) is 11.4. The molecule has 0 aromatic heterocycles. The van der Waals surface area contributed by atoms with E-state index in [2.05, 4.69) is 15.9 Å². The third kappa shape index (κ3) is 3.30. The molecule has 1 fully saturated rings. The second-order valence-electron chi connectivity index (χ2n) is 5.51. The number of rotatable bonds is 5. The summed E-state index contributed by atoms with van der Waals surface area (Å²) in [5.74, 6) is 0.265. The Morgan fingerprint density at radius 1 is 1.45 bits per heavy atom. The SMILES string of the molecule is CC(C)CN(C1CC1)S(=O)(=O)c1cc(Cl)cc(N)c1Br. The van der Waals surface area contributed by atoms with Crippen LogP contribution in [0.15, 0.2) is 21.5 Å². The lowest BCUT2D eigenvalue weighted by Crippen LogP contribution is -2.36. The van der Waals surface area contributed by atoms with Gasteiger partial charge in [-0.1, -0.05) is 25.4 Å². The van der Waals surface area contributed by atoms with Crippen molar-refractivity contribution in [2.45, 2.75) is 37.6 Å². The Hall–Kier alpha value is -0.300. The molecule has 0 amide bonds. The smallest absolute Gasteiger partial charge is 0.244 e. The number of anilines is 1. The predicted molar refractivity (Wildman–Crippen MR) is 85.3 cm³/mol. The number of halogens is 2. The highest BCUT2D eigenvalue weighted by atomic mass is 79.9. The molecule has 0 saturated heterocycles. The summed E-state index contributed by atoms with van der Waals surface area (Å²) in [6.07, 6.45) is 1.83. The van der Waals surface area contributed by atoms with E-state index >= 15 is 0 Å². The second kappa shape index (κ2) is 5.83. The third-order valence-electron chi connectivity index (χ3n) is 3.12. The molecule has 7 heteroatoms. The molecule has 2 N–H and O–H groups in total. The van der Waals surface area contributed by atoms with E-state index < -0.39 is 10.0 Å². The molecule has 1 aromatic rings. The van der Waals surface area contributed by atoms with Crippen LogP contribution in [0.3, 0.4) is 0 Å². The first-order valence-corrected chi connectivity index (χ1v) is 9.11. The van der Waals surface area contributed by atoms with Gasteiger partial charge >= 0.3 is 0 Å². The first kappa shape index (κ1) is 16.1. The van der Waals surface area contributed by atoms with Crippen LogP contribution in [-0.4, -0.2) is 25.3 Å². The summed E-state index contributed by atoms with van der Waals surface area (Å²) >= 11 is 9.21. The molecule has 112 valence electrons. The van der Waals surface area contributed by atoms with Crippen molar-refractivity contribution in [3.63, 3.8) is 0 Å². The Bertz CT molecular complexity index is 615. The quantitative estimate of drug-likeness (QED) is 0.794. The summed E-state index contributed by atoms with van der Waals surface area (Å²) in [6, 6.07) is 3.09. The van der Waals surface area contributed by atoms with Gasteiger partial charge in [-0.05, 0) is 46.8 Å². The highest BCUT2D eigenvalue weighted by Crippen LogP contribution is 2.38. The van der Waals surface area contributed by atoms with Crippen LogP contribution in [0.5, 0.6) is 0 Å². The molecule has 0 radical (unpaired) electrons. The van der Waals surface area contributed by atoms with Gasteiger partial charge in [0.05, 0.1) is 9.37 Å². The fourth-order valence-corrected chi connectivity index (χ4v) is 5.17. The van der Waals surface area contributed by atoms with E-state index in [9.17, 15) is 8.42 Å². The van der Waals surface area contributed by atoms with Crippen LogP contribution >= 0.6 is 27.5 Å². The summed E-state index contributed by atoms with van der Waals surface area (Å²) in [6.45, 7) is 4.52. The minimum absolute atomic E-state index is 0.106. The van der Waals surface area contributed by atoms with Gasteiger partial charge in [-0.25, -0.2) is 8.42 Å². The number of hydrogen-bond donors (Lipinski definition) is 1. The summed E-state index contributed by atoms with van der Waals surface area (Å²) in [7, 11) is -3.59. The molecule has 20 heavy (non-hydrogen) atoms. The maximum Gasteiger partial charge on any atom is 0.244 e. The van der Waals surface area contributed by atoms with Crippen molar-refractivity contribution in [3.8, 4) is 0 Å². The van der Waals surface area contributed by atoms with E-state index in [0.29, 0.717) is 21.7 Å². The molecule has 1 saturated carbocycles. The molecule has 1 aromatic carbocycles. The van der Waals surface area contributed by atoms with Gasteiger partial charge in [-0.15, -0.1) is 0 Å². The summed E-state index contributed by atoms with van der Waals surface area (Å²) in [5, 5.41) is 0.324. The van der Waals surface area contributed by atoms with Crippen molar-refractivity contribution in [3.05, 3.63) is 21.6 Å². The monoisotopic (exact) mass is 380 g/mol. The Balaban J connectivity index is 2.48. The van der Waals surface area contributed by atoms with Gasteiger partial charge in [-0.2, -0.15) is 4.31 Å². The molecular weight excluding hydrogens is 364 g/mol. The molecule has 1 aliphatic rings. The molecule has 4 nitrogen and oxygen atoms in total. The third-order valence-corrected chi connectivity index (χ3v) is 6.43. The lowest BCUT2D eigenvalue weighted by molar-refractivity contribution is 0.360. The maximum absolute atomic E-state index is 12.9. The summed E-state index contributed by atoms with van der Waals surface area (Å²) < 4.78 is 27.7. The fourth-order valence-electron chi connectivity index (χ4n) is 2.06. The summed E-state index contributed by atoms with van der Waals surface area (Å²) in [4.78, 5) is 0.148. The average molecular weight is 382 g/mol. The number of nitrogen functional groups attached to an aromatic ring is 1. The molecule has 0 heterocycles. The first-order chi connectivity index (χ1) is 9.23. The van der Waals surface area contributed by atoms with E-state index in [0.717, 1.165) is 12.8 Å². The molecular formula is C13H18BrClN2O2S. The van der Waals surface area contributed by atoms with Gasteiger partial charge in [0.2, 0.25) is 10.0 Å². The highest BCUT2D eigenvalue weighted by molar-refractivity contribution is 9.10. The van der Waals surface area contributed by atoms with E-state index in [-0.39, 0.29) is 16.9 Å². The van der Waals surface area contributed by atoms with Gasteiger partial charge in [0.15, 0.2) is 0 Å². The highest BCUT2D eigenvalue weighted by Gasteiger charge is 2.39. The fraction of sp³-hybridized carbons (Fsp3) is 0.538. The lowest BCUT2D eigenvalue weighted by atomic mass is 10.2. The van der Waals surface area contributed by atoms with Gasteiger partial charge < -0.3 is 5.73 Å². The Morgan fingerprint density at radius 2 is 2.05 bits per heavy atom. The van der Waals surface area contributed by atoms with E-state index in [1.54, 1.807) is 4.31 Å². The zero-order chi connectivity index (χ0) is 15.1. The van der Waals surface area contributed by atoms with Gasteiger partial charge in [0.1, 0.15) is 0 Å². The van der Waals surface area contributed by atoms with E-state index in [1.807, 2.05) is 13.8 Å². The molecule has 1 aliphatic carbocycles. The van der Waals surface area contributed by atoms with Gasteiger partial charge in [0, 0.05) is 23.3 Å². The molecule has 0 spiro atoms. The topological polar surface area (TPSA) is 63.4 Å². The minimum atomic E-state index is -3.59. The molecule has 2 rings (SSSR count). The van der Waals surface area contributed by atoms with Crippen LogP contribution in [0.25, 0.3) is 0 Å². The van der Waals surface area contributed by atoms with E-state index in [1.165, 1.54) is 12.1 Å². The zero-order valence-corrected chi connectivity index (χ0v) is 14.6. The van der Waals surface area contributed by atoms with Gasteiger partial charge in [-0.3, -0.25) is 0 Å². The van der Waals surface area contributed by atoms with Gasteiger partial charge in [0.25, 0.3) is 0 Å². The predicted octanol–water partition coefficient (Wildman–Crippen LogP) is 3.49. The van der Waals surface area contributed by atoms with Crippen LogP contribution < -0.4 is 5.73 Å². The van der Waals surface area contributed by atoms with Crippen LogP contribution in [0.2, 0.25) is 5.02 Å². The van der Waals surface area contributed by atoms with Crippen molar-refractivity contribution in [1.82, 2.24) is 4.31 Å². The van der Waals surface area contributed by atoms with Crippen LogP contribution in [-0.2, 0) is 10.0 Å². The van der Waals surface area contributed by atoms with Crippen molar-refractivity contribution >= 4 is 43.2 Å². The van der Waals surface area contributed by atoms with E-state index in [4.69, 9.17) is 17.3 Å². The molecule has 0 bridgehead atoms. The molecule has 0 unspecified atom stereocenters. The first-order valence-electron chi connectivity index (χ1n) is 6.50. The Labute approximate surface area is 133 Å². The van der Waals surface area contributed by atoms with Crippen LogP contribution in [0.1, 0.15) is 26.7 Å². The van der Waals surface area contributed by atoms with Crippen molar-refractivity contribution < 1.29 is 8.42 Å². The Morgan fingerprint density at radius 3 is 2.55 bits per heavy atom. The number of benzene rings is 1.